The summed E-state index contributed by atoms with van der Waals surface area (Å²) in [5, 5.41) is 0. The van der Waals surface area contributed by atoms with Crippen molar-refractivity contribution in [2.75, 3.05) is 0 Å². The third kappa shape index (κ3) is 12.8. The Labute approximate surface area is 447 Å². The summed E-state index contributed by atoms with van der Waals surface area (Å²) in [6, 6.07) is 71.0. The van der Waals surface area contributed by atoms with E-state index >= 15 is 0 Å². The van der Waals surface area contributed by atoms with E-state index in [1.165, 1.54) is 119 Å². The summed E-state index contributed by atoms with van der Waals surface area (Å²) in [4.78, 5) is 0. The molecule has 0 saturated heterocycles. The third-order valence-electron chi connectivity index (χ3n) is 13.9. The Bertz CT molecular complexity index is 3150. The molecule has 1 atom stereocenters. The molecule has 0 amide bonds. The van der Waals surface area contributed by atoms with Gasteiger partial charge < -0.3 is 0 Å². The van der Waals surface area contributed by atoms with Crippen molar-refractivity contribution in [1.29, 1.82) is 0 Å². The van der Waals surface area contributed by atoms with Crippen molar-refractivity contribution >= 4 is 11.1 Å². The first kappa shape index (κ1) is 55.8. The molecule has 0 N–H and O–H groups in total. The van der Waals surface area contributed by atoms with Crippen LogP contribution in [0.3, 0.4) is 0 Å². The maximum Gasteiger partial charge on any atom is 0.0713 e. The van der Waals surface area contributed by atoms with Gasteiger partial charge in [-0.2, -0.15) is 0 Å². The van der Waals surface area contributed by atoms with E-state index in [9.17, 15) is 0 Å². The van der Waals surface area contributed by atoms with Crippen LogP contribution >= 0.6 is 0 Å². The Kier molecular flexibility index (Phi) is 21.1. The van der Waals surface area contributed by atoms with Gasteiger partial charge in [0.15, 0.2) is 0 Å². The minimum Gasteiger partial charge on any atom is -0.0988 e. The maximum absolute atomic E-state index is 4.09. The van der Waals surface area contributed by atoms with Crippen molar-refractivity contribution in [3.8, 4) is 33.4 Å². The SMILES string of the molecule is C/C=C\C(=C/CC)c1ccc(CCC)cc1.C=C/C(C)=C(\C=C/C)c1cccc(-c2cccc(C3(c4ccccc4)c4ccccc4-c4c(C)cccc43)c2)c1CCC.CC.Cc1ccc(-c2ccccc2)cc1. The maximum atomic E-state index is 4.09. The predicted octanol–water partition coefficient (Wildman–Crippen LogP) is 21.2. The first-order chi connectivity index (χ1) is 36.2. The molecule has 376 valence electrons. The second-order valence-electron chi connectivity index (χ2n) is 18.9. The van der Waals surface area contributed by atoms with Crippen molar-refractivity contribution < 1.29 is 0 Å². The molecule has 74 heavy (non-hydrogen) atoms. The predicted molar refractivity (Wildman–Crippen MR) is 327 cm³/mol. The number of rotatable bonds is 14. The molecule has 1 aliphatic rings. The van der Waals surface area contributed by atoms with Gasteiger partial charge in [0, 0.05) is 0 Å². The normalized spacial score (nSPS) is 13.8. The monoisotopic (exact) mass is 969 g/mol. The van der Waals surface area contributed by atoms with Crippen molar-refractivity contribution in [1.82, 2.24) is 0 Å². The highest BCUT2D eigenvalue weighted by Crippen LogP contribution is 2.57. The topological polar surface area (TPSA) is 0 Å². The fourth-order valence-corrected chi connectivity index (χ4v) is 10.5. The van der Waals surface area contributed by atoms with Gasteiger partial charge in [0.25, 0.3) is 0 Å². The van der Waals surface area contributed by atoms with Crippen LogP contribution in [0.25, 0.3) is 44.5 Å². The Hall–Kier alpha value is -7.54. The molecule has 0 aromatic heterocycles. The number of allylic oxidation sites excluding steroid dienone is 9. The Morgan fingerprint density at radius 1 is 0.527 bits per heavy atom. The molecule has 0 bridgehead atoms. The number of fused-ring (bicyclic) bond motifs is 3. The molecule has 9 rings (SSSR count). The minimum absolute atomic E-state index is 0.410. The summed E-state index contributed by atoms with van der Waals surface area (Å²) < 4.78 is 0. The molecular weight excluding hydrogens is 889 g/mol. The van der Waals surface area contributed by atoms with Crippen LogP contribution in [-0.2, 0) is 18.3 Å². The van der Waals surface area contributed by atoms with Gasteiger partial charge in [-0.15, -0.1) is 0 Å². The van der Waals surface area contributed by atoms with Crippen LogP contribution in [-0.4, -0.2) is 0 Å². The molecule has 8 aromatic rings. The quantitative estimate of drug-likeness (QED) is 0.0953. The highest BCUT2D eigenvalue weighted by molar-refractivity contribution is 5.89. The zero-order chi connectivity index (χ0) is 52.9. The molecule has 0 spiro atoms. The number of hydrogen-bond acceptors (Lipinski definition) is 0. The van der Waals surface area contributed by atoms with E-state index in [0.29, 0.717) is 0 Å². The number of benzene rings is 8. The van der Waals surface area contributed by atoms with Crippen LogP contribution < -0.4 is 0 Å². The third-order valence-corrected chi connectivity index (χ3v) is 13.9. The standard InChI is InChI=1S/C43H40.C16H22.C13H12.C2H6/c1-6-17-35(30(4)8-3)38-26-16-25-36(37(38)18-7-2)32-20-15-23-34(29-32)43(33-21-10-9-11-22-33)40-27-13-12-24-39(40)42-31(5)19-14-28-41(42)43;1-4-7-14-10-12-16(13-11-14)15(8-5-2)9-6-3;1-11-7-9-13(10-8-11)12-5-3-2-4-6-12;1-2/h6,8-17,19-29H,3,7,18H2,1-2,4-5H3;5,8-13H,4,6-7H2,1-3H3;2-10H,1H3;1-2H3/b17-6-,35-30+;8-5-,15-9+;;. The average molecular weight is 969 g/mol. The van der Waals surface area contributed by atoms with E-state index in [1.54, 1.807) is 0 Å². The number of hydrogen-bond donors (Lipinski definition) is 0. The minimum atomic E-state index is -0.410. The van der Waals surface area contributed by atoms with Crippen molar-refractivity contribution in [3.05, 3.63) is 298 Å². The highest BCUT2D eigenvalue weighted by atomic mass is 14.5. The van der Waals surface area contributed by atoms with Crippen LogP contribution in [0, 0.1) is 13.8 Å². The lowest BCUT2D eigenvalue weighted by atomic mass is 9.67. The lowest BCUT2D eigenvalue weighted by Crippen LogP contribution is -2.28. The summed E-state index contributed by atoms with van der Waals surface area (Å²) in [5.41, 5.74) is 24.6. The van der Waals surface area contributed by atoms with E-state index in [-0.39, 0.29) is 0 Å². The zero-order valence-corrected chi connectivity index (χ0v) is 46.2. The molecule has 0 fully saturated rings. The molecule has 0 radical (unpaired) electrons. The summed E-state index contributed by atoms with van der Waals surface area (Å²) in [6.07, 6.45) is 18.4. The van der Waals surface area contributed by atoms with Crippen LogP contribution in [0.1, 0.15) is 130 Å². The van der Waals surface area contributed by atoms with Gasteiger partial charge in [0.2, 0.25) is 0 Å². The smallest absolute Gasteiger partial charge is 0.0713 e. The average Bonchev–Trinajstić information content (AvgIpc) is 3.76. The highest BCUT2D eigenvalue weighted by Gasteiger charge is 2.46. The summed E-state index contributed by atoms with van der Waals surface area (Å²) in [5.74, 6) is 0. The molecule has 0 heterocycles. The number of aryl methyl sites for hydroxylation is 3. The Morgan fingerprint density at radius 3 is 1.74 bits per heavy atom. The van der Waals surface area contributed by atoms with E-state index in [1.807, 2.05) is 26.0 Å². The lowest BCUT2D eigenvalue weighted by molar-refractivity contribution is 0.768. The van der Waals surface area contributed by atoms with Gasteiger partial charge in [-0.05, 0) is 160 Å². The zero-order valence-electron chi connectivity index (χ0n) is 46.2. The lowest BCUT2D eigenvalue weighted by Gasteiger charge is -2.34. The van der Waals surface area contributed by atoms with Crippen LogP contribution in [0.15, 0.2) is 243 Å². The molecular formula is C74H80. The van der Waals surface area contributed by atoms with Crippen molar-refractivity contribution in [3.63, 3.8) is 0 Å². The molecule has 0 saturated carbocycles. The van der Waals surface area contributed by atoms with E-state index < -0.39 is 5.41 Å². The largest absolute Gasteiger partial charge is 0.0988 e. The van der Waals surface area contributed by atoms with Crippen LogP contribution in [0.4, 0.5) is 0 Å². The van der Waals surface area contributed by atoms with Crippen LogP contribution in [0.2, 0.25) is 0 Å². The van der Waals surface area contributed by atoms with Crippen molar-refractivity contribution in [2.45, 2.75) is 107 Å². The van der Waals surface area contributed by atoms with Gasteiger partial charge in [0.1, 0.15) is 0 Å². The fraction of sp³-hybridized carbons (Fsp3) is 0.216. The summed E-state index contributed by atoms with van der Waals surface area (Å²) >= 11 is 0. The second kappa shape index (κ2) is 28.1. The molecule has 0 aliphatic heterocycles. The van der Waals surface area contributed by atoms with E-state index in [4.69, 9.17) is 0 Å². The second-order valence-corrected chi connectivity index (χ2v) is 18.9. The first-order valence-corrected chi connectivity index (χ1v) is 27.2. The molecule has 0 heteroatoms. The van der Waals surface area contributed by atoms with Gasteiger partial charge in [0.05, 0.1) is 5.41 Å². The van der Waals surface area contributed by atoms with E-state index in [2.05, 4.69) is 280 Å². The van der Waals surface area contributed by atoms with Gasteiger partial charge >= 0.3 is 0 Å². The first-order valence-electron chi connectivity index (χ1n) is 27.2. The Morgan fingerprint density at radius 2 is 1.09 bits per heavy atom. The van der Waals surface area contributed by atoms with Crippen LogP contribution in [0.5, 0.6) is 0 Å². The molecule has 1 unspecified atom stereocenters. The molecule has 0 nitrogen and oxygen atoms in total. The van der Waals surface area contributed by atoms with Gasteiger partial charge in [-0.3, -0.25) is 0 Å². The summed E-state index contributed by atoms with van der Waals surface area (Å²) in [7, 11) is 0. The van der Waals surface area contributed by atoms with E-state index in [0.717, 1.165) is 19.3 Å². The molecule has 1 aliphatic carbocycles. The molecule has 8 aromatic carbocycles. The van der Waals surface area contributed by atoms with Gasteiger partial charge in [-0.25, -0.2) is 0 Å². The van der Waals surface area contributed by atoms with Crippen molar-refractivity contribution in [2.24, 2.45) is 0 Å². The Balaban J connectivity index is 0.000000233. The van der Waals surface area contributed by atoms with Gasteiger partial charge in [-0.1, -0.05) is 284 Å². The fourth-order valence-electron chi connectivity index (χ4n) is 10.5. The summed E-state index contributed by atoms with van der Waals surface area (Å²) in [6.45, 7) is 25.4.